The number of nitrogens with zero attached hydrogens (tertiary/aromatic N) is 2. The van der Waals surface area contributed by atoms with Crippen LogP contribution in [0.25, 0.3) is 0 Å². The van der Waals surface area contributed by atoms with Crippen LogP contribution in [0, 0.1) is 0 Å². The standard InChI is InChI=1S/C13H16BrN3/c1-10(11-4-3-5-12(14)8-11)16-9-13-15-6-7-17(13)2/h3-8,10,16H,9H2,1-2H3. The molecule has 0 aliphatic heterocycles. The van der Waals surface area contributed by atoms with E-state index in [-0.39, 0.29) is 0 Å². The molecule has 1 N–H and O–H groups in total. The summed E-state index contributed by atoms with van der Waals surface area (Å²) in [4.78, 5) is 4.29. The monoisotopic (exact) mass is 293 g/mol. The minimum atomic E-state index is 0.309. The van der Waals surface area contributed by atoms with Crippen molar-refractivity contribution in [2.45, 2.75) is 19.5 Å². The van der Waals surface area contributed by atoms with E-state index in [2.05, 4.69) is 51.4 Å². The second-order valence-electron chi connectivity index (χ2n) is 4.11. The highest BCUT2D eigenvalue weighted by Crippen LogP contribution is 2.17. The Labute approximate surface area is 110 Å². The molecule has 0 radical (unpaired) electrons. The van der Waals surface area contributed by atoms with E-state index in [4.69, 9.17) is 0 Å². The molecule has 4 heteroatoms. The lowest BCUT2D eigenvalue weighted by atomic mass is 10.1. The zero-order valence-corrected chi connectivity index (χ0v) is 11.6. The minimum Gasteiger partial charge on any atom is -0.337 e. The van der Waals surface area contributed by atoms with E-state index >= 15 is 0 Å². The van der Waals surface area contributed by atoms with Gasteiger partial charge in [-0.2, -0.15) is 0 Å². The third-order valence-electron chi connectivity index (χ3n) is 2.84. The van der Waals surface area contributed by atoms with Crippen molar-refractivity contribution in [3.8, 4) is 0 Å². The summed E-state index contributed by atoms with van der Waals surface area (Å²) in [6.45, 7) is 2.93. The van der Waals surface area contributed by atoms with Crippen LogP contribution in [-0.2, 0) is 13.6 Å². The molecular formula is C13H16BrN3. The number of rotatable bonds is 4. The molecule has 0 saturated heterocycles. The van der Waals surface area contributed by atoms with Crippen molar-refractivity contribution in [3.63, 3.8) is 0 Å². The highest BCUT2D eigenvalue weighted by molar-refractivity contribution is 9.10. The maximum atomic E-state index is 4.29. The normalized spacial score (nSPS) is 12.6. The van der Waals surface area contributed by atoms with Gasteiger partial charge in [0.2, 0.25) is 0 Å². The summed E-state index contributed by atoms with van der Waals surface area (Å²) in [7, 11) is 2.01. The fourth-order valence-corrected chi connectivity index (χ4v) is 2.12. The SMILES string of the molecule is CC(NCc1nccn1C)c1cccc(Br)c1. The van der Waals surface area contributed by atoms with Crippen molar-refractivity contribution >= 4 is 15.9 Å². The van der Waals surface area contributed by atoms with E-state index in [1.165, 1.54) is 5.56 Å². The lowest BCUT2D eigenvalue weighted by Gasteiger charge is -2.14. The van der Waals surface area contributed by atoms with Crippen molar-refractivity contribution in [1.29, 1.82) is 0 Å². The first-order valence-electron chi connectivity index (χ1n) is 5.62. The molecule has 17 heavy (non-hydrogen) atoms. The van der Waals surface area contributed by atoms with Gasteiger partial charge < -0.3 is 9.88 Å². The Bertz CT molecular complexity index is 493. The maximum Gasteiger partial charge on any atom is 0.122 e. The molecule has 2 aromatic rings. The molecule has 0 saturated carbocycles. The van der Waals surface area contributed by atoms with Gasteiger partial charge in [0, 0.05) is 30.0 Å². The quantitative estimate of drug-likeness (QED) is 0.939. The number of aromatic nitrogens is 2. The van der Waals surface area contributed by atoms with Gasteiger partial charge in [0.05, 0.1) is 6.54 Å². The summed E-state index contributed by atoms with van der Waals surface area (Å²) in [5.41, 5.74) is 1.27. The van der Waals surface area contributed by atoms with Gasteiger partial charge in [-0.1, -0.05) is 28.1 Å². The molecule has 0 amide bonds. The second kappa shape index (κ2) is 5.47. The van der Waals surface area contributed by atoms with Gasteiger partial charge in [0.15, 0.2) is 0 Å². The zero-order chi connectivity index (χ0) is 12.3. The van der Waals surface area contributed by atoms with Crippen LogP contribution in [0.3, 0.4) is 0 Å². The van der Waals surface area contributed by atoms with Crippen LogP contribution >= 0.6 is 15.9 Å². The first kappa shape index (κ1) is 12.3. The van der Waals surface area contributed by atoms with Crippen LogP contribution in [0.2, 0.25) is 0 Å². The van der Waals surface area contributed by atoms with Gasteiger partial charge in [-0.05, 0) is 24.6 Å². The lowest BCUT2D eigenvalue weighted by Crippen LogP contribution is -2.20. The predicted octanol–water partition coefficient (Wildman–Crippen LogP) is 3.03. The van der Waals surface area contributed by atoms with E-state index < -0.39 is 0 Å². The molecule has 0 spiro atoms. The number of nitrogens with one attached hydrogen (secondary N) is 1. The van der Waals surface area contributed by atoms with Gasteiger partial charge in [-0.15, -0.1) is 0 Å². The summed E-state index contributed by atoms with van der Waals surface area (Å²) in [5.74, 6) is 1.05. The third kappa shape index (κ3) is 3.17. The van der Waals surface area contributed by atoms with Crippen molar-refractivity contribution in [1.82, 2.24) is 14.9 Å². The van der Waals surface area contributed by atoms with Crippen LogP contribution in [-0.4, -0.2) is 9.55 Å². The van der Waals surface area contributed by atoms with Crippen LogP contribution in [0.5, 0.6) is 0 Å². The molecule has 0 aliphatic carbocycles. The van der Waals surface area contributed by atoms with Crippen molar-refractivity contribution in [2.75, 3.05) is 0 Å². The highest BCUT2D eigenvalue weighted by Gasteiger charge is 2.06. The Hall–Kier alpha value is -1.13. The third-order valence-corrected chi connectivity index (χ3v) is 3.33. The molecule has 3 nitrogen and oxygen atoms in total. The smallest absolute Gasteiger partial charge is 0.122 e. The molecule has 1 atom stereocenters. The molecule has 2 rings (SSSR count). The van der Waals surface area contributed by atoms with Gasteiger partial charge in [0.25, 0.3) is 0 Å². The lowest BCUT2D eigenvalue weighted by molar-refractivity contribution is 0.549. The highest BCUT2D eigenvalue weighted by atomic mass is 79.9. The summed E-state index contributed by atoms with van der Waals surface area (Å²) < 4.78 is 3.14. The Morgan fingerprint density at radius 3 is 2.94 bits per heavy atom. The van der Waals surface area contributed by atoms with Crippen LogP contribution in [0.15, 0.2) is 41.1 Å². The molecule has 0 aliphatic rings. The van der Waals surface area contributed by atoms with E-state index in [1.54, 1.807) is 0 Å². The molecule has 1 unspecified atom stereocenters. The minimum absolute atomic E-state index is 0.309. The van der Waals surface area contributed by atoms with Crippen molar-refractivity contribution < 1.29 is 0 Å². The van der Waals surface area contributed by atoms with Gasteiger partial charge >= 0.3 is 0 Å². The number of imidazole rings is 1. The van der Waals surface area contributed by atoms with Crippen LogP contribution < -0.4 is 5.32 Å². The Morgan fingerprint density at radius 2 is 2.29 bits per heavy atom. The van der Waals surface area contributed by atoms with Gasteiger partial charge in [0.1, 0.15) is 5.82 Å². The molecular weight excluding hydrogens is 278 g/mol. The summed E-state index contributed by atoms with van der Waals surface area (Å²) in [6.07, 6.45) is 3.78. The average molecular weight is 294 g/mol. The van der Waals surface area contributed by atoms with E-state index in [9.17, 15) is 0 Å². The number of aryl methyl sites for hydroxylation is 1. The van der Waals surface area contributed by atoms with Crippen LogP contribution in [0.1, 0.15) is 24.4 Å². The number of benzene rings is 1. The van der Waals surface area contributed by atoms with E-state index in [0.29, 0.717) is 6.04 Å². The number of hydrogen-bond acceptors (Lipinski definition) is 2. The molecule has 1 aromatic carbocycles. The number of hydrogen-bond donors (Lipinski definition) is 1. The van der Waals surface area contributed by atoms with Gasteiger partial charge in [-0.3, -0.25) is 0 Å². The van der Waals surface area contributed by atoms with Crippen molar-refractivity contribution in [3.05, 3.63) is 52.5 Å². The summed E-state index contributed by atoms with van der Waals surface area (Å²) in [6, 6.07) is 8.66. The first-order chi connectivity index (χ1) is 8.16. The largest absolute Gasteiger partial charge is 0.337 e. The van der Waals surface area contributed by atoms with Gasteiger partial charge in [-0.25, -0.2) is 4.98 Å². The second-order valence-corrected chi connectivity index (χ2v) is 5.03. The number of halogens is 1. The Balaban J connectivity index is 1.98. The predicted molar refractivity (Wildman–Crippen MR) is 72.6 cm³/mol. The molecule has 1 aromatic heterocycles. The molecule has 90 valence electrons. The summed E-state index contributed by atoms with van der Waals surface area (Å²) >= 11 is 3.49. The van der Waals surface area contributed by atoms with E-state index in [0.717, 1.165) is 16.8 Å². The van der Waals surface area contributed by atoms with Crippen molar-refractivity contribution in [2.24, 2.45) is 7.05 Å². The molecule has 0 fully saturated rings. The fourth-order valence-electron chi connectivity index (χ4n) is 1.70. The Kier molecular flexibility index (Phi) is 3.97. The molecule has 1 heterocycles. The Morgan fingerprint density at radius 1 is 1.47 bits per heavy atom. The first-order valence-corrected chi connectivity index (χ1v) is 6.41. The zero-order valence-electron chi connectivity index (χ0n) is 10.0. The summed E-state index contributed by atoms with van der Waals surface area (Å²) in [5, 5.41) is 3.47. The average Bonchev–Trinajstić information content (AvgIpc) is 2.72. The van der Waals surface area contributed by atoms with Crippen LogP contribution in [0.4, 0.5) is 0 Å². The van der Waals surface area contributed by atoms with E-state index in [1.807, 2.05) is 30.1 Å². The topological polar surface area (TPSA) is 29.9 Å². The molecule has 0 bridgehead atoms. The fraction of sp³-hybridized carbons (Fsp3) is 0.308. The maximum absolute atomic E-state index is 4.29.